The van der Waals surface area contributed by atoms with Gasteiger partial charge in [-0.1, -0.05) is 42.5 Å². The molecule has 2 saturated heterocycles. The van der Waals surface area contributed by atoms with E-state index in [4.69, 9.17) is 0 Å². The third-order valence-corrected chi connectivity index (χ3v) is 6.56. The van der Waals surface area contributed by atoms with Crippen molar-refractivity contribution in [2.75, 3.05) is 32.7 Å². The quantitative estimate of drug-likeness (QED) is 0.658. The van der Waals surface area contributed by atoms with Crippen molar-refractivity contribution in [1.29, 1.82) is 0 Å². The van der Waals surface area contributed by atoms with E-state index >= 15 is 0 Å². The molecule has 2 heterocycles. The van der Waals surface area contributed by atoms with Crippen LogP contribution in [0.3, 0.4) is 0 Å². The predicted octanol–water partition coefficient (Wildman–Crippen LogP) is 3.20. The fraction of sp³-hybridized carbons (Fsp3) is 0.423. The summed E-state index contributed by atoms with van der Waals surface area (Å²) in [5, 5.41) is 2.98. The Labute approximate surface area is 193 Å². The number of hydrogen-bond donors (Lipinski definition) is 1. The summed E-state index contributed by atoms with van der Waals surface area (Å²) in [7, 11) is 0. The Morgan fingerprint density at radius 1 is 1.03 bits per heavy atom. The topological polar surface area (TPSA) is 69.7 Å². The van der Waals surface area contributed by atoms with Gasteiger partial charge in [0.2, 0.25) is 11.8 Å². The molecule has 2 aliphatic heterocycles. The molecule has 0 aliphatic carbocycles. The van der Waals surface area contributed by atoms with Gasteiger partial charge in [-0.25, -0.2) is 4.39 Å². The van der Waals surface area contributed by atoms with Crippen molar-refractivity contribution in [2.24, 2.45) is 5.92 Å². The number of benzene rings is 2. The monoisotopic (exact) mass is 451 g/mol. The van der Waals surface area contributed by atoms with Gasteiger partial charge >= 0.3 is 0 Å². The van der Waals surface area contributed by atoms with Crippen LogP contribution in [0.5, 0.6) is 0 Å². The van der Waals surface area contributed by atoms with Crippen LogP contribution in [0, 0.1) is 11.7 Å². The summed E-state index contributed by atoms with van der Waals surface area (Å²) in [6.07, 6.45) is 2.84. The highest BCUT2D eigenvalue weighted by atomic mass is 19.1. The molecule has 2 fully saturated rings. The molecule has 0 bridgehead atoms. The summed E-state index contributed by atoms with van der Waals surface area (Å²) in [5.41, 5.74) is 1.09. The molecule has 0 saturated carbocycles. The Morgan fingerprint density at radius 2 is 1.79 bits per heavy atom. The first-order valence-electron chi connectivity index (χ1n) is 11.7. The number of carbonyl (C=O) groups is 3. The van der Waals surface area contributed by atoms with Crippen molar-refractivity contribution in [2.45, 2.75) is 31.6 Å². The van der Waals surface area contributed by atoms with E-state index in [1.807, 2.05) is 35.2 Å². The summed E-state index contributed by atoms with van der Waals surface area (Å²) in [5.74, 6) is -1.25. The number of hydrogen-bond acceptors (Lipinski definition) is 3. The number of amides is 3. The summed E-state index contributed by atoms with van der Waals surface area (Å²) < 4.78 is 14.3. The molecule has 0 spiro atoms. The third-order valence-electron chi connectivity index (χ3n) is 6.56. The maximum Gasteiger partial charge on any atom is 0.256 e. The molecule has 3 amide bonds. The number of nitrogens with one attached hydrogen (secondary N) is 1. The van der Waals surface area contributed by atoms with Gasteiger partial charge in [0.05, 0.1) is 11.5 Å². The molecule has 2 unspecified atom stereocenters. The van der Waals surface area contributed by atoms with Crippen LogP contribution in [0.25, 0.3) is 0 Å². The van der Waals surface area contributed by atoms with Crippen molar-refractivity contribution >= 4 is 17.7 Å². The number of piperidine rings is 1. The summed E-state index contributed by atoms with van der Waals surface area (Å²) >= 11 is 0. The Balaban J connectivity index is 1.42. The summed E-state index contributed by atoms with van der Waals surface area (Å²) in [6, 6.07) is 15.8. The zero-order chi connectivity index (χ0) is 23.2. The normalized spacial score (nSPS) is 20.7. The van der Waals surface area contributed by atoms with Crippen LogP contribution in [0.1, 0.15) is 47.5 Å². The minimum Gasteiger partial charge on any atom is -0.356 e. The molecule has 1 N–H and O–H groups in total. The fourth-order valence-electron chi connectivity index (χ4n) is 4.79. The van der Waals surface area contributed by atoms with Crippen molar-refractivity contribution < 1.29 is 18.8 Å². The molecule has 4 rings (SSSR count). The van der Waals surface area contributed by atoms with E-state index in [-0.39, 0.29) is 41.7 Å². The van der Waals surface area contributed by atoms with E-state index < -0.39 is 5.82 Å². The maximum absolute atomic E-state index is 14.3. The van der Waals surface area contributed by atoms with Gasteiger partial charge in [0.25, 0.3) is 5.91 Å². The molecule has 2 aliphatic rings. The number of nitrogens with zero attached hydrogens (tertiary/aromatic N) is 2. The third kappa shape index (κ3) is 5.59. The van der Waals surface area contributed by atoms with E-state index in [0.717, 1.165) is 18.5 Å². The fourth-order valence-corrected chi connectivity index (χ4v) is 4.79. The second-order valence-electron chi connectivity index (χ2n) is 8.86. The van der Waals surface area contributed by atoms with Crippen LogP contribution in [0.2, 0.25) is 0 Å². The van der Waals surface area contributed by atoms with Crippen LogP contribution < -0.4 is 5.32 Å². The second-order valence-corrected chi connectivity index (χ2v) is 8.86. The maximum atomic E-state index is 14.3. The Bertz CT molecular complexity index is 997. The van der Waals surface area contributed by atoms with Crippen LogP contribution in [0.15, 0.2) is 54.6 Å². The summed E-state index contributed by atoms with van der Waals surface area (Å²) in [6.45, 7) is 2.62. The Kier molecular flexibility index (Phi) is 7.37. The standard InChI is InChI=1S/C26H30FN3O3/c27-23-11-5-4-10-22(23)26(33)30-17-20(19-8-2-1-3-9-19)16-21(18-30)25(32)28-13-7-15-29-14-6-12-24(29)31/h1-5,8-11,20-21H,6-7,12-18H2,(H,28,32). The molecular weight excluding hydrogens is 421 g/mol. The molecule has 6 nitrogen and oxygen atoms in total. The number of rotatable bonds is 7. The van der Waals surface area contributed by atoms with Crippen molar-refractivity contribution in [1.82, 2.24) is 15.1 Å². The van der Waals surface area contributed by atoms with E-state index in [0.29, 0.717) is 38.9 Å². The minimum atomic E-state index is -0.554. The highest BCUT2D eigenvalue weighted by molar-refractivity contribution is 5.95. The highest BCUT2D eigenvalue weighted by Crippen LogP contribution is 2.31. The smallest absolute Gasteiger partial charge is 0.256 e. The van der Waals surface area contributed by atoms with Gasteiger partial charge in [0, 0.05) is 45.1 Å². The first kappa shape index (κ1) is 23.0. The van der Waals surface area contributed by atoms with Gasteiger partial charge in [-0.05, 0) is 37.0 Å². The Morgan fingerprint density at radius 3 is 2.52 bits per heavy atom. The average Bonchev–Trinajstić information content (AvgIpc) is 3.26. The number of carbonyl (C=O) groups excluding carboxylic acids is 3. The second kappa shape index (κ2) is 10.6. The van der Waals surface area contributed by atoms with Crippen molar-refractivity contribution in [3.05, 3.63) is 71.5 Å². The lowest BCUT2D eigenvalue weighted by Gasteiger charge is -2.37. The van der Waals surface area contributed by atoms with Crippen LogP contribution in [-0.4, -0.2) is 60.2 Å². The lowest BCUT2D eigenvalue weighted by molar-refractivity contribution is -0.127. The molecule has 0 aromatic heterocycles. The van der Waals surface area contributed by atoms with Crippen molar-refractivity contribution in [3.63, 3.8) is 0 Å². The first-order valence-corrected chi connectivity index (χ1v) is 11.7. The van der Waals surface area contributed by atoms with E-state index in [2.05, 4.69) is 5.32 Å². The van der Waals surface area contributed by atoms with E-state index in [1.165, 1.54) is 12.1 Å². The zero-order valence-corrected chi connectivity index (χ0v) is 18.7. The largest absolute Gasteiger partial charge is 0.356 e. The first-order chi connectivity index (χ1) is 16.0. The van der Waals surface area contributed by atoms with Gasteiger partial charge in [0.1, 0.15) is 5.82 Å². The molecule has 2 aromatic rings. The summed E-state index contributed by atoms with van der Waals surface area (Å²) in [4.78, 5) is 41.3. The number of halogens is 1. The van der Waals surface area contributed by atoms with E-state index in [9.17, 15) is 18.8 Å². The molecular formula is C26H30FN3O3. The lowest BCUT2D eigenvalue weighted by atomic mass is 9.83. The zero-order valence-electron chi connectivity index (χ0n) is 18.7. The van der Waals surface area contributed by atoms with Crippen LogP contribution in [-0.2, 0) is 9.59 Å². The van der Waals surface area contributed by atoms with Crippen LogP contribution in [0.4, 0.5) is 4.39 Å². The molecule has 7 heteroatoms. The minimum absolute atomic E-state index is 0.00588. The van der Waals surface area contributed by atoms with E-state index in [1.54, 1.807) is 17.0 Å². The molecule has 33 heavy (non-hydrogen) atoms. The van der Waals surface area contributed by atoms with Gasteiger partial charge in [-0.3, -0.25) is 14.4 Å². The van der Waals surface area contributed by atoms with Gasteiger partial charge in [0.15, 0.2) is 0 Å². The van der Waals surface area contributed by atoms with Gasteiger partial charge in [-0.2, -0.15) is 0 Å². The lowest BCUT2D eigenvalue weighted by Crippen LogP contribution is -2.48. The van der Waals surface area contributed by atoms with Gasteiger partial charge < -0.3 is 15.1 Å². The molecule has 2 atom stereocenters. The van der Waals surface area contributed by atoms with Crippen molar-refractivity contribution in [3.8, 4) is 0 Å². The molecule has 174 valence electrons. The highest BCUT2D eigenvalue weighted by Gasteiger charge is 2.35. The molecule has 0 radical (unpaired) electrons. The van der Waals surface area contributed by atoms with Crippen LogP contribution >= 0.6 is 0 Å². The Hall–Kier alpha value is -3.22. The average molecular weight is 452 g/mol. The predicted molar refractivity (Wildman–Crippen MR) is 123 cm³/mol. The number of likely N-dealkylation sites (tertiary alicyclic amines) is 2. The molecule has 2 aromatic carbocycles. The SMILES string of the molecule is O=C(NCCCN1CCCC1=O)C1CC(c2ccccc2)CN(C(=O)c2ccccc2F)C1. The van der Waals surface area contributed by atoms with Gasteiger partial charge in [-0.15, -0.1) is 0 Å².